The molecule has 0 amide bonds. The molecule has 10 heteroatoms. The van der Waals surface area contributed by atoms with Gasteiger partial charge in [-0.25, -0.2) is 0 Å². The van der Waals surface area contributed by atoms with Crippen LogP contribution in [0.15, 0.2) is 0 Å². The maximum atomic E-state index is 9.75. The van der Waals surface area contributed by atoms with Crippen LogP contribution in [0.5, 0.6) is 0 Å². The van der Waals surface area contributed by atoms with Crippen molar-refractivity contribution in [2.75, 3.05) is 6.26 Å². The first-order chi connectivity index (χ1) is 4.00. The van der Waals surface area contributed by atoms with E-state index in [1.54, 1.807) is 0 Å². The minimum absolute atomic E-state index is 0. The van der Waals surface area contributed by atoms with Crippen molar-refractivity contribution in [3.8, 4) is 0 Å². The Balaban J connectivity index is -0.000000107. The van der Waals surface area contributed by atoms with E-state index in [2.05, 4.69) is 0 Å². The zero-order chi connectivity index (χ0) is 9.00. The van der Waals surface area contributed by atoms with E-state index in [1.807, 2.05) is 0 Å². The predicted octanol–water partition coefficient (Wildman–Crippen LogP) is -2.19. The Morgan fingerprint density at radius 2 is 1.18 bits per heavy atom. The fourth-order valence-corrected chi connectivity index (χ4v) is 0. The van der Waals surface area contributed by atoms with Gasteiger partial charge in [-0.15, -0.1) is 0 Å². The van der Waals surface area contributed by atoms with Crippen LogP contribution in [0.3, 0.4) is 0 Å². The van der Waals surface area contributed by atoms with Gasteiger partial charge in [0, 0.05) is 0 Å². The van der Waals surface area contributed by atoms with Crippen LogP contribution in [0.4, 0.5) is 17.3 Å². The number of hydrogen-bond acceptors (Lipinski definition) is 2. The molecule has 0 saturated heterocycles. The largest absolute Gasteiger partial charge is 1.00 e. The zero-order valence-electron chi connectivity index (χ0n) is 5.76. The SMILES string of the molecule is CS(=O)(=O)O.F[B-](F)(F)F.[Li+]. The quantitative estimate of drug-likeness (QED) is 0.268. The molecule has 0 unspecified atom stereocenters. The van der Waals surface area contributed by atoms with Crippen molar-refractivity contribution in [2.24, 2.45) is 0 Å². The molecule has 0 aliphatic rings. The first-order valence-corrected chi connectivity index (χ1v) is 3.65. The molecule has 0 spiro atoms. The molecule has 0 atom stereocenters. The van der Waals surface area contributed by atoms with E-state index in [0.29, 0.717) is 6.26 Å². The molecular formula is CH4BF4LiO3S. The summed E-state index contributed by atoms with van der Waals surface area (Å²) in [4.78, 5) is 0. The van der Waals surface area contributed by atoms with Crippen LogP contribution in [0.25, 0.3) is 0 Å². The van der Waals surface area contributed by atoms with Crippen LogP contribution in [-0.4, -0.2) is 26.5 Å². The molecule has 1 N–H and O–H groups in total. The molecular weight excluding hydrogens is 186 g/mol. The summed E-state index contributed by atoms with van der Waals surface area (Å²) < 4.78 is 64.9. The molecule has 11 heavy (non-hydrogen) atoms. The molecule has 0 aromatic rings. The van der Waals surface area contributed by atoms with Crippen molar-refractivity contribution in [1.82, 2.24) is 0 Å². The summed E-state index contributed by atoms with van der Waals surface area (Å²) in [7, 11) is -9.67. The van der Waals surface area contributed by atoms with Gasteiger partial charge in [0.05, 0.1) is 6.26 Å². The molecule has 0 aromatic carbocycles. The Labute approximate surface area is 73.2 Å². The van der Waals surface area contributed by atoms with E-state index < -0.39 is 17.4 Å². The summed E-state index contributed by atoms with van der Waals surface area (Å²) in [5, 5.41) is 0. The summed E-state index contributed by atoms with van der Waals surface area (Å²) in [6.07, 6.45) is 0.715. The molecule has 0 radical (unpaired) electrons. The molecule has 0 heterocycles. The van der Waals surface area contributed by atoms with Crippen LogP contribution in [0.1, 0.15) is 0 Å². The second-order valence-corrected chi connectivity index (χ2v) is 2.69. The van der Waals surface area contributed by atoms with Crippen LogP contribution in [0, 0.1) is 0 Å². The smallest absolute Gasteiger partial charge is 0.418 e. The summed E-state index contributed by atoms with van der Waals surface area (Å²) in [5.41, 5.74) is 0. The molecule has 0 aliphatic carbocycles. The van der Waals surface area contributed by atoms with Gasteiger partial charge < -0.3 is 17.3 Å². The number of rotatable bonds is 0. The Kier molecular flexibility index (Phi) is 9.30. The molecule has 0 rings (SSSR count). The monoisotopic (exact) mass is 190 g/mol. The van der Waals surface area contributed by atoms with Gasteiger partial charge in [-0.3, -0.25) is 4.55 Å². The Bertz CT molecular complexity index is 160. The molecule has 0 aromatic heterocycles. The Morgan fingerprint density at radius 3 is 1.18 bits per heavy atom. The maximum Gasteiger partial charge on any atom is 1.00 e. The van der Waals surface area contributed by atoms with Crippen molar-refractivity contribution in [1.29, 1.82) is 0 Å². The first kappa shape index (κ1) is 17.4. The summed E-state index contributed by atoms with van der Waals surface area (Å²) in [6.45, 7) is 0. The fourth-order valence-electron chi connectivity index (χ4n) is 0. The molecule has 3 nitrogen and oxygen atoms in total. The minimum atomic E-state index is -6.00. The normalized spacial score (nSPS) is 10.7. The van der Waals surface area contributed by atoms with Crippen molar-refractivity contribution >= 4 is 17.4 Å². The van der Waals surface area contributed by atoms with Crippen molar-refractivity contribution in [2.45, 2.75) is 0 Å². The van der Waals surface area contributed by atoms with Gasteiger partial charge in [-0.1, -0.05) is 0 Å². The third-order valence-electron chi connectivity index (χ3n) is 0. The average Bonchev–Trinajstić information content (AvgIpc) is 1.12. The van der Waals surface area contributed by atoms with E-state index in [9.17, 15) is 25.7 Å². The molecule has 0 aliphatic heterocycles. The van der Waals surface area contributed by atoms with Crippen LogP contribution >= 0.6 is 0 Å². The fraction of sp³-hybridized carbons (Fsp3) is 1.00. The van der Waals surface area contributed by atoms with Crippen molar-refractivity contribution in [3.05, 3.63) is 0 Å². The van der Waals surface area contributed by atoms with Gasteiger partial charge in [0.15, 0.2) is 0 Å². The summed E-state index contributed by atoms with van der Waals surface area (Å²) >= 11 is 0. The van der Waals surface area contributed by atoms with E-state index in [1.165, 1.54) is 0 Å². The Morgan fingerprint density at radius 1 is 1.18 bits per heavy atom. The zero-order valence-corrected chi connectivity index (χ0v) is 6.58. The molecule has 0 fully saturated rings. The van der Waals surface area contributed by atoms with Crippen molar-refractivity contribution < 1.29 is 49.1 Å². The molecule has 0 saturated carbocycles. The Hall–Kier alpha value is 0.292. The van der Waals surface area contributed by atoms with E-state index in [4.69, 9.17) is 4.55 Å². The predicted molar refractivity (Wildman–Crippen MR) is 27.7 cm³/mol. The standard InChI is InChI=1S/CH4O3S.BF4.Li/c1-5(2,3)4;2-1(3,4)5;/h1H3,(H,2,3,4);;/q;-1;+1. The summed E-state index contributed by atoms with van der Waals surface area (Å²) in [5.74, 6) is 0. The van der Waals surface area contributed by atoms with Crippen molar-refractivity contribution in [3.63, 3.8) is 0 Å². The maximum absolute atomic E-state index is 9.75. The van der Waals surface area contributed by atoms with Gasteiger partial charge in [-0.05, 0) is 0 Å². The second-order valence-electron chi connectivity index (χ2n) is 1.23. The van der Waals surface area contributed by atoms with E-state index in [-0.39, 0.29) is 18.9 Å². The third kappa shape index (κ3) is 8280. The van der Waals surface area contributed by atoms with E-state index in [0.717, 1.165) is 0 Å². The topological polar surface area (TPSA) is 54.4 Å². The van der Waals surface area contributed by atoms with Gasteiger partial charge in [0.2, 0.25) is 0 Å². The molecule has 0 bridgehead atoms. The number of halogens is 4. The first-order valence-electron chi connectivity index (χ1n) is 1.80. The third-order valence-corrected chi connectivity index (χ3v) is 0. The second kappa shape index (κ2) is 5.88. The number of hydrogen-bond donors (Lipinski definition) is 1. The van der Waals surface area contributed by atoms with Crippen LogP contribution in [-0.2, 0) is 10.1 Å². The minimum Gasteiger partial charge on any atom is -0.418 e. The van der Waals surface area contributed by atoms with Crippen LogP contribution in [0.2, 0.25) is 0 Å². The van der Waals surface area contributed by atoms with Gasteiger partial charge in [0.1, 0.15) is 0 Å². The average molecular weight is 190 g/mol. The molecule has 64 valence electrons. The van der Waals surface area contributed by atoms with E-state index >= 15 is 0 Å². The summed E-state index contributed by atoms with van der Waals surface area (Å²) in [6, 6.07) is 0. The van der Waals surface area contributed by atoms with Crippen LogP contribution < -0.4 is 18.9 Å². The van der Waals surface area contributed by atoms with Gasteiger partial charge >= 0.3 is 26.1 Å². The van der Waals surface area contributed by atoms with Gasteiger partial charge in [0.25, 0.3) is 10.1 Å². The van der Waals surface area contributed by atoms with Gasteiger partial charge in [-0.2, -0.15) is 8.42 Å².